The van der Waals surface area contributed by atoms with E-state index in [1.165, 1.54) is 64.2 Å². The molecule has 0 amide bonds. The van der Waals surface area contributed by atoms with Crippen LogP contribution in [0.15, 0.2) is 18.2 Å². The minimum Gasteiger partial charge on any atom is -0.353 e. The summed E-state index contributed by atoms with van der Waals surface area (Å²) in [4.78, 5) is 4.90. The van der Waals surface area contributed by atoms with E-state index in [2.05, 4.69) is 16.0 Å². The molecule has 2 saturated carbocycles. The second-order valence-corrected chi connectivity index (χ2v) is 7.39. The highest BCUT2D eigenvalue weighted by Gasteiger charge is 2.23. The van der Waals surface area contributed by atoms with Crippen molar-refractivity contribution in [2.24, 2.45) is 0 Å². The first kappa shape index (κ1) is 15.5. The summed E-state index contributed by atoms with van der Waals surface area (Å²) in [6, 6.07) is 9.24. The Morgan fingerprint density at radius 2 is 1.71 bits per heavy atom. The predicted octanol–water partition coefficient (Wildman–Crippen LogP) is 5.16. The van der Waals surface area contributed by atoms with E-state index in [9.17, 15) is 5.26 Å². The molecule has 0 aliphatic heterocycles. The number of hydrogen-bond acceptors (Lipinski definition) is 3. The number of aromatic nitrogens is 2. The third-order valence-corrected chi connectivity index (χ3v) is 5.70. The lowest BCUT2D eigenvalue weighted by Gasteiger charge is -2.28. The van der Waals surface area contributed by atoms with Crippen molar-refractivity contribution in [3.8, 4) is 6.07 Å². The van der Waals surface area contributed by atoms with Crippen LogP contribution >= 0.6 is 0 Å². The van der Waals surface area contributed by atoms with Crippen molar-refractivity contribution in [2.75, 3.05) is 5.32 Å². The highest BCUT2D eigenvalue weighted by atomic mass is 15.2. The summed E-state index contributed by atoms with van der Waals surface area (Å²) in [6.07, 6.45) is 12.9. The number of nitriles is 1. The van der Waals surface area contributed by atoms with Crippen molar-refractivity contribution in [1.82, 2.24) is 9.55 Å². The summed E-state index contributed by atoms with van der Waals surface area (Å²) >= 11 is 0. The quantitative estimate of drug-likeness (QED) is 0.849. The molecule has 4 nitrogen and oxygen atoms in total. The summed E-state index contributed by atoms with van der Waals surface area (Å²) in [6.45, 7) is 0. The first-order valence-corrected chi connectivity index (χ1v) is 9.54. The molecule has 1 N–H and O–H groups in total. The van der Waals surface area contributed by atoms with Gasteiger partial charge in [-0.15, -0.1) is 0 Å². The minimum absolute atomic E-state index is 0.517. The van der Waals surface area contributed by atoms with Gasteiger partial charge in [0.2, 0.25) is 5.95 Å². The van der Waals surface area contributed by atoms with Crippen LogP contribution < -0.4 is 5.32 Å². The van der Waals surface area contributed by atoms with E-state index in [4.69, 9.17) is 4.98 Å². The van der Waals surface area contributed by atoms with Gasteiger partial charge in [0.05, 0.1) is 22.7 Å². The Bertz CT molecular complexity index is 743. The molecule has 4 heteroatoms. The summed E-state index contributed by atoms with van der Waals surface area (Å²) in [5.41, 5.74) is 2.86. The first-order valence-electron chi connectivity index (χ1n) is 9.54. The highest BCUT2D eigenvalue weighted by molar-refractivity contribution is 5.80. The van der Waals surface area contributed by atoms with Crippen LogP contribution in [0, 0.1) is 11.3 Å². The Morgan fingerprint density at radius 3 is 2.42 bits per heavy atom. The van der Waals surface area contributed by atoms with E-state index in [0.717, 1.165) is 22.5 Å². The molecule has 0 bridgehead atoms. The van der Waals surface area contributed by atoms with Crippen molar-refractivity contribution in [3.63, 3.8) is 0 Å². The van der Waals surface area contributed by atoms with Gasteiger partial charge < -0.3 is 9.88 Å². The summed E-state index contributed by atoms with van der Waals surface area (Å²) < 4.78 is 2.41. The van der Waals surface area contributed by atoms with Gasteiger partial charge in [-0.3, -0.25) is 0 Å². The second-order valence-electron chi connectivity index (χ2n) is 7.39. The van der Waals surface area contributed by atoms with E-state index >= 15 is 0 Å². The van der Waals surface area contributed by atoms with Crippen molar-refractivity contribution >= 4 is 17.0 Å². The van der Waals surface area contributed by atoms with Crippen LogP contribution in [0.3, 0.4) is 0 Å². The van der Waals surface area contributed by atoms with E-state index in [1.807, 2.05) is 18.2 Å². The first-order chi connectivity index (χ1) is 11.8. The molecule has 1 aromatic heterocycles. The van der Waals surface area contributed by atoms with Crippen LogP contribution in [-0.2, 0) is 0 Å². The lowest BCUT2D eigenvalue weighted by Crippen LogP contribution is -2.25. The maximum Gasteiger partial charge on any atom is 0.204 e. The van der Waals surface area contributed by atoms with Crippen LogP contribution in [0.5, 0.6) is 0 Å². The van der Waals surface area contributed by atoms with Crippen molar-refractivity contribution < 1.29 is 0 Å². The third-order valence-electron chi connectivity index (χ3n) is 5.70. The van der Waals surface area contributed by atoms with Gasteiger partial charge in [-0.25, -0.2) is 4.98 Å². The molecule has 126 valence electrons. The third kappa shape index (κ3) is 3.00. The van der Waals surface area contributed by atoms with Gasteiger partial charge in [-0.05, 0) is 43.9 Å². The summed E-state index contributed by atoms with van der Waals surface area (Å²) in [5.74, 6) is 1.03. The van der Waals surface area contributed by atoms with Crippen LogP contribution in [-0.4, -0.2) is 15.6 Å². The number of nitrogens with zero attached hydrogens (tertiary/aromatic N) is 3. The highest BCUT2D eigenvalue weighted by Crippen LogP contribution is 2.35. The van der Waals surface area contributed by atoms with Crippen molar-refractivity contribution in [1.29, 1.82) is 5.26 Å². The Hall–Kier alpha value is -2.02. The van der Waals surface area contributed by atoms with E-state index in [0.29, 0.717) is 12.1 Å². The molecule has 2 aliphatic rings. The molecule has 4 rings (SSSR count). The molecule has 0 radical (unpaired) electrons. The van der Waals surface area contributed by atoms with Gasteiger partial charge in [0, 0.05) is 12.1 Å². The molecule has 0 spiro atoms. The van der Waals surface area contributed by atoms with Crippen LogP contribution in [0.25, 0.3) is 11.0 Å². The Balaban J connectivity index is 1.74. The zero-order valence-corrected chi connectivity index (χ0v) is 14.3. The van der Waals surface area contributed by atoms with Gasteiger partial charge in [0.25, 0.3) is 0 Å². The number of rotatable bonds is 3. The molecule has 1 aromatic carbocycles. The number of anilines is 1. The average molecular weight is 322 g/mol. The molecular weight excluding hydrogens is 296 g/mol. The molecule has 1 heterocycles. The van der Waals surface area contributed by atoms with Gasteiger partial charge >= 0.3 is 0 Å². The van der Waals surface area contributed by atoms with Crippen molar-refractivity contribution in [3.05, 3.63) is 23.8 Å². The number of fused-ring (bicyclic) bond motifs is 1. The normalized spacial score (nSPS) is 20.1. The average Bonchev–Trinajstić information content (AvgIpc) is 3.00. The molecule has 2 aliphatic carbocycles. The van der Waals surface area contributed by atoms with E-state index in [-0.39, 0.29) is 0 Å². The number of nitrogens with one attached hydrogen (secondary N) is 1. The summed E-state index contributed by atoms with van der Waals surface area (Å²) in [7, 11) is 0. The Morgan fingerprint density at radius 1 is 1.00 bits per heavy atom. The molecule has 2 aromatic rings. The van der Waals surface area contributed by atoms with Crippen LogP contribution in [0.2, 0.25) is 0 Å². The number of hydrogen-bond donors (Lipinski definition) is 1. The van der Waals surface area contributed by atoms with E-state index < -0.39 is 0 Å². The molecular formula is C20H26N4. The fourth-order valence-corrected chi connectivity index (χ4v) is 4.40. The molecule has 0 atom stereocenters. The predicted molar refractivity (Wildman–Crippen MR) is 97.1 cm³/mol. The smallest absolute Gasteiger partial charge is 0.204 e. The monoisotopic (exact) mass is 322 g/mol. The SMILES string of the molecule is N#Cc1ccc2nc(NC3CCCCC3)n(C3CCCCC3)c2c1. The maximum atomic E-state index is 9.27. The zero-order valence-electron chi connectivity index (χ0n) is 14.3. The molecule has 0 unspecified atom stereocenters. The molecule has 0 saturated heterocycles. The van der Waals surface area contributed by atoms with Crippen LogP contribution in [0.1, 0.15) is 75.8 Å². The lowest BCUT2D eigenvalue weighted by molar-refractivity contribution is 0.360. The Kier molecular flexibility index (Phi) is 4.42. The van der Waals surface area contributed by atoms with Crippen LogP contribution in [0.4, 0.5) is 5.95 Å². The van der Waals surface area contributed by atoms with Crippen molar-refractivity contribution in [2.45, 2.75) is 76.3 Å². The van der Waals surface area contributed by atoms with Gasteiger partial charge in [-0.1, -0.05) is 38.5 Å². The summed E-state index contributed by atoms with van der Waals surface area (Å²) in [5, 5.41) is 13.0. The van der Waals surface area contributed by atoms with Gasteiger partial charge in [-0.2, -0.15) is 5.26 Å². The molecule has 2 fully saturated rings. The largest absolute Gasteiger partial charge is 0.353 e. The zero-order chi connectivity index (χ0) is 16.4. The van der Waals surface area contributed by atoms with Gasteiger partial charge in [0.15, 0.2) is 0 Å². The molecule has 24 heavy (non-hydrogen) atoms. The number of benzene rings is 1. The number of imidazole rings is 1. The fourth-order valence-electron chi connectivity index (χ4n) is 4.40. The fraction of sp³-hybridized carbons (Fsp3) is 0.600. The topological polar surface area (TPSA) is 53.6 Å². The lowest BCUT2D eigenvalue weighted by atomic mass is 9.94. The standard InChI is InChI=1S/C20H26N4/c21-14-15-11-12-18-19(13-15)24(17-9-5-2-6-10-17)20(23-18)22-16-7-3-1-4-8-16/h11-13,16-17H,1-10H2,(H,22,23). The minimum atomic E-state index is 0.517. The second kappa shape index (κ2) is 6.84. The maximum absolute atomic E-state index is 9.27. The Labute approximate surface area is 143 Å². The van der Waals surface area contributed by atoms with E-state index in [1.54, 1.807) is 0 Å². The van der Waals surface area contributed by atoms with Gasteiger partial charge in [0.1, 0.15) is 0 Å².